The van der Waals surface area contributed by atoms with E-state index in [-0.39, 0.29) is 10.6 Å². The number of fused-ring (bicyclic) bond motifs is 1. The van der Waals surface area contributed by atoms with Gasteiger partial charge in [-0.25, -0.2) is 8.78 Å². The first-order valence-electron chi connectivity index (χ1n) is 10.3. The molecule has 5 nitrogen and oxygen atoms in total. The number of aromatic nitrogens is 1. The number of hydrogen-bond acceptors (Lipinski definition) is 6. The molecule has 0 radical (unpaired) electrons. The van der Waals surface area contributed by atoms with Crippen molar-refractivity contribution in [1.29, 1.82) is 10.8 Å². The number of pyridine rings is 1. The predicted octanol–water partition coefficient (Wildman–Crippen LogP) is 5.77. The van der Waals surface area contributed by atoms with Crippen LogP contribution in [0.4, 0.5) is 8.78 Å². The van der Waals surface area contributed by atoms with Crippen molar-refractivity contribution in [2.75, 3.05) is 7.05 Å². The van der Waals surface area contributed by atoms with Gasteiger partial charge in [0.2, 0.25) is 0 Å². The Morgan fingerprint density at radius 1 is 1.31 bits per heavy atom. The molecule has 9 heteroatoms. The Balaban J connectivity index is 0.000000534. The summed E-state index contributed by atoms with van der Waals surface area (Å²) in [6, 6.07) is 5.44. The van der Waals surface area contributed by atoms with Crippen molar-refractivity contribution < 1.29 is 8.78 Å². The van der Waals surface area contributed by atoms with E-state index in [1.165, 1.54) is 11.9 Å². The van der Waals surface area contributed by atoms with Crippen LogP contribution in [0, 0.1) is 23.2 Å². The third-order valence-corrected chi connectivity index (χ3v) is 7.03. The number of alkyl halides is 2. The fourth-order valence-electron chi connectivity index (χ4n) is 2.58. The van der Waals surface area contributed by atoms with Crippen LogP contribution in [0.1, 0.15) is 58.2 Å². The highest BCUT2D eigenvalue weighted by Gasteiger charge is 2.40. The predicted molar refractivity (Wildman–Crippen MR) is 134 cm³/mol. The Labute approximate surface area is 197 Å². The molecule has 2 heterocycles. The van der Waals surface area contributed by atoms with Gasteiger partial charge in [0.1, 0.15) is 10.1 Å². The summed E-state index contributed by atoms with van der Waals surface area (Å²) in [5, 5.41) is 17.5. The molecule has 174 valence electrons. The number of hydrogen-bond donors (Lipinski definition) is 4. The van der Waals surface area contributed by atoms with Crippen LogP contribution in [0.2, 0.25) is 0 Å². The largest absolute Gasteiger partial charge is 0.315 e. The quantitative estimate of drug-likeness (QED) is 0.184. The standard InChI is InChI=1S/C18H18F2N4S2.C5H13N/c1-3-11-9-14(16(21)25-17(22)15(19)20)24-10-12(5-6-13(11)24)26-23-18(4-2)7-8-18;1-5(2,3)6-4/h1,5-6,9-10,15,21-23H,4,7-8H2,2H3;6H,1-4H3. The van der Waals surface area contributed by atoms with Crippen molar-refractivity contribution in [2.45, 2.75) is 69.4 Å². The minimum absolute atomic E-state index is 0.130. The summed E-state index contributed by atoms with van der Waals surface area (Å²) in [5.74, 6) is 2.57. The van der Waals surface area contributed by atoms with Crippen molar-refractivity contribution in [3.05, 3.63) is 35.7 Å². The maximum absolute atomic E-state index is 12.6. The van der Waals surface area contributed by atoms with Gasteiger partial charge in [0.25, 0.3) is 6.43 Å². The summed E-state index contributed by atoms with van der Waals surface area (Å²) in [4.78, 5) is 0.944. The van der Waals surface area contributed by atoms with E-state index in [0.29, 0.717) is 28.6 Å². The topological polar surface area (TPSA) is 76.2 Å². The van der Waals surface area contributed by atoms with E-state index in [4.69, 9.17) is 17.2 Å². The molecule has 0 amide bonds. The molecule has 32 heavy (non-hydrogen) atoms. The highest BCUT2D eigenvalue weighted by molar-refractivity contribution is 8.26. The van der Waals surface area contributed by atoms with Crippen LogP contribution in [-0.2, 0) is 0 Å². The SMILES string of the molecule is C#Cc1cc(C(=N)SC(=N)C(F)F)n2cc(SNC3(CC)CC3)ccc12.CNC(C)(C)C. The molecule has 4 N–H and O–H groups in total. The van der Waals surface area contributed by atoms with E-state index in [9.17, 15) is 8.78 Å². The van der Waals surface area contributed by atoms with E-state index in [1.54, 1.807) is 10.5 Å². The monoisotopic (exact) mass is 479 g/mol. The average Bonchev–Trinajstić information content (AvgIpc) is 3.44. The van der Waals surface area contributed by atoms with Crippen molar-refractivity contribution in [1.82, 2.24) is 14.4 Å². The first kappa shape index (κ1) is 26.4. The van der Waals surface area contributed by atoms with Gasteiger partial charge in [-0.1, -0.05) is 12.8 Å². The molecule has 2 aromatic heterocycles. The van der Waals surface area contributed by atoms with Gasteiger partial charge in [-0.05, 0) is 89.0 Å². The second-order valence-electron chi connectivity index (χ2n) is 8.64. The van der Waals surface area contributed by atoms with E-state index in [2.05, 4.69) is 43.7 Å². The Morgan fingerprint density at radius 2 is 1.94 bits per heavy atom. The lowest BCUT2D eigenvalue weighted by molar-refractivity contribution is 0.228. The molecule has 0 aromatic carbocycles. The number of rotatable bonds is 6. The lowest BCUT2D eigenvalue weighted by atomic mass is 10.1. The molecule has 1 saturated carbocycles. The first-order chi connectivity index (χ1) is 14.9. The first-order valence-corrected chi connectivity index (χ1v) is 12.0. The van der Waals surface area contributed by atoms with Crippen LogP contribution in [0.25, 0.3) is 5.52 Å². The zero-order chi connectivity index (χ0) is 24.1. The second kappa shape index (κ2) is 10.8. The van der Waals surface area contributed by atoms with Gasteiger partial charge in [0.15, 0.2) is 0 Å². The number of nitrogens with zero attached hydrogens (tertiary/aromatic N) is 1. The molecule has 0 atom stereocenters. The molecule has 1 aliphatic rings. The summed E-state index contributed by atoms with van der Waals surface area (Å²) < 4.78 is 30.4. The van der Waals surface area contributed by atoms with Crippen LogP contribution in [0.3, 0.4) is 0 Å². The van der Waals surface area contributed by atoms with E-state index in [0.717, 1.165) is 29.7 Å². The highest BCUT2D eigenvalue weighted by Crippen LogP contribution is 2.41. The number of thioether (sulfide) groups is 1. The number of halogens is 2. The van der Waals surface area contributed by atoms with Crippen LogP contribution in [-0.4, -0.2) is 39.0 Å². The summed E-state index contributed by atoms with van der Waals surface area (Å²) >= 11 is 1.96. The lowest BCUT2D eigenvalue weighted by Crippen LogP contribution is -2.31. The molecule has 0 bridgehead atoms. The Bertz CT molecular complexity index is 1010. The molecule has 0 spiro atoms. The summed E-state index contributed by atoms with van der Waals surface area (Å²) in [7, 11) is 1.96. The highest BCUT2D eigenvalue weighted by atomic mass is 32.2. The molecule has 0 unspecified atom stereocenters. The second-order valence-corrected chi connectivity index (χ2v) is 10.6. The third-order valence-electron chi connectivity index (χ3n) is 5.20. The molecular formula is C23H31F2N5S2. The van der Waals surface area contributed by atoms with Gasteiger partial charge < -0.3 is 9.72 Å². The molecule has 1 aliphatic carbocycles. The fraction of sp³-hybridized carbons (Fsp3) is 0.478. The molecule has 3 rings (SSSR count). The Hall–Kier alpha value is -1.86. The van der Waals surface area contributed by atoms with E-state index in [1.807, 2.05) is 25.4 Å². The fourth-order valence-corrected chi connectivity index (χ4v) is 4.13. The van der Waals surface area contributed by atoms with Crippen molar-refractivity contribution in [2.24, 2.45) is 0 Å². The Kier molecular flexibility index (Phi) is 8.94. The summed E-state index contributed by atoms with van der Waals surface area (Å²) in [5.41, 5.74) is 2.23. The van der Waals surface area contributed by atoms with Crippen LogP contribution in [0.5, 0.6) is 0 Å². The minimum Gasteiger partial charge on any atom is -0.315 e. The molecule has 2 aromatic rings. The van der Waals surface area contributed by atoms with E-state index >= 15 is 0 Å². The molecular weight excluding hydrogens is 448 g/mol. The maximum Gasteiger partial charge on any atom is 0.285 e. The van der Waals surface area contributed by atoms with Crippen molar-refractivity contribution in [3.8, 4) is 12.3 Å². The number of nitrogens with one attached hydrogen (secondary N) is 4. The maximum atomic E-state index is 12.6. The minimum atomic E-state index is -2.89. The van der Waals surface area contributed by atoms with Crippen LogP contribution >= 0.6 is 23.7 Å². The lowest BCUT2D eigenvalue weighted by Gasteiger charge is -2.15. The normalized spacial score (nSPS) is 14.6. The molecule has 0 saturated heterocycles. The van der Waals surface area contributed by atoms with Crippen LogP contribution in [0.15, 0.2) is 29.3 Å². The average molecular weight is 480 g/mol. The van der Waals surface area contributed by atoms with Gasteiger partial charge in [-0.15, -0.1) is 6.42 Å². The van der Waals surface area contributed by atoms with Gasteiger partial charge in [0.05, 0.1) is 16.8 Å². The van der Waals surface area contributed by atoms with Gasteiger partial charge >= 0.3 is 0 Å². The van der Waals surface area contributed by atoms with Gasteiger partial charge in [0, 0.05) is 22.2 Å². The van der Waals surface area contributed by atoms with E-state index < -0.39 is 11.5 Å². The molecule has 1 fully saturated rings. The van der Waals surface area contributed by atoms with Crippen LogP contribution < -0.4 is 10.0 Å². The molecule has 0 aliphatic heterocycles. The number of terminal acetylenes is 1. The van der Waals surface area contributed by atoms with Gasteiger partial charge in [-0.2, -0.15) is 0 Å². The zero-order valence-electron chi connectivity index (χ0n) is 19.1. The Morgan fingerprint density at radius 3 is 2.41 bits per heavy atom. The summed E-state index contributed by atoms with van der Waals surface area (Å²) in [6.07, 6.45) is 7.87. The zero-order valence-corrected chi connectivity index (χ0v) is 20.7. The summed E-state index contributed by atoms with van der Waals surface area (Å²) in [6.45, 7) is 8.55. The smallest absolute Gasteiger partial charge is 0.285 e. The third kappa shape index (κ3) is 7.07. The van der Waals surface area contributed by atoms with Crippen molar-refractivity contribution in [3.63, 3.8) is 0 Å². The van der Waals surface area contributed by atoms with Gasteiger partial charge in [-0.3, -0.25) is 15.5 Å². The van der Waals surface area contributed by atoms with Crippen molar-refractivity contribution >= 4 is 39.3 Å².